The number of phenolic OH excluding ortho intramolecular Hbond substituents is 1. The zero-order valence-electron chi connectivity index (χ0n) is 13.2. The van der Waals surface area contributed by atoms with Crippen molar-refractivity contribution < 1.29 is 5.11 Å². The van der Waals surface area contributed by atoms with Gasteiger partial charge in [0, 0.05) is 12.1 Å². The van der Waals surface area contributed by atoms with Crippen LogP contribution in [0.3, 0.4) is 0 Å². The quantitative estimate of drug-likeness (QED) is 0.860. The van der Waals surface area contributed by atoms with Gasteiger partial charge in [-0.1, -0.05) is 31.4 Å². The van der Waals surface area contributed by atoms with Crippen LogP contribution in [0.1, 0.15) is 58.4 Å². The average Bonchev–Trinajstić information content (AvgIpc) is 2.37. The molecular weight excluding hydrogens is 246 g/mol. The first-order chi connectivity index (χ1) is 9.39. The summed E-state index contributed by atoms with van der Waals surface area (Å²) in [5, 5.41) is 13.4. The summed E-state index contributed by atoms with van der Waals surface area (Å²) in [6.45, 7) is 7.78. The zero-order valence-corrected chi connectivity index (χ0v) is 13.2. The van der Waals surface area contributed by atoms with Crippen LogP contribution in [-0.2, 0) is 6.42 Å². The van der Waals surface area contributed by atoms with Gasteiger partial charge in [-0.05, 0) is 63.1 Å². The highest BCUT2D eigenvalue weighted by molar-refractivity contribution is 5.28. The van der Waals surface area contributed by atoms with Crippen molar-refractivity contribution in [3.8, 4) is 5.75 Å². The van der Waals surface area contributed by atoms with Gasteiger partial charge in [-0.15, -0.1) is 0 Å². The van der Waals surface area contributed by atoms with E-state index in [1.54, 1.807) is 6.07 Å². The van der Waals surface area contributed by atoms with Crippen molar-refractivity contribution in [3.63, 3.8) is 0 Å². The first-order valence-electron chi connectivity index (χ1n) is 7.92. The summed E-state index contributed by atoms with van der Waals surface area (Å²) >= 11 is 0. The minimum atomic E-state index is 0.170. The van der Waals surface area contributed by atoms with Crippen LogP contribution in [0.4, 0.5) is 0 Å². The number of hydrogen-bond donors (Lipinski definition) is 2. The van der Waals surface area contributed by atoms with E-state index in [-0.39, 0.29) is 5.54 Å². The fourth-order valence-corrected chi connectivity index (χ4v) is 3.27. The number of nitrogens with one attached hydrogen (secondary N) is 1. The predicted octanol–water partition coefficient (Wildman–Crippen LogP) is 4.27. The first kappa shape index (κ1) is 15.4. The molecule has 1 saturated carbocycles. The highest BCUT2D eigenvalue weighted by atomic mass is 16.3. The van der Waals surface area contributed by atoms with E-state index < -0.39 is 0 Å². The van der Waals surface area contributed by atoms with Crippen molar-refractivity contribution in [1.29, 1.82) is 0 Å². The van der Waals surface area contributed by atoms with Crippen LogP contribution < -0.4 is 5.32 Å². The second kappa shape index (κ2) is 6.17. The molecule has 2 nitrogen and oxygen atoms in total. The standard InChI is InChI=1S/C18H29NO/c1-17(2,3)19-14-18(10-5-4-6-11-18)13-15-8-7-9-16(20)12-15/h7-9,12,19-20H,4-6,10-11,13-14H2,1-3H3. The van der Waals surface area contributed by atoms with E-state index in [0.717, 1.165) is 13.0 Å². The van der Waals surface area contributed by atoms with Crippen molar-refractivity contribution in [1.82, 2.24) is 5.32 Å². The normalized spacial score (nSPS) is 18.9. The highest BCUT2D eigenvalue weighted by Crippen LogP contribution is 2.39. The summed E-state index contributed by atoms with van der Waals surface area (Å²) < 4.78 is 0. The number of benzene rings is 1. The smallest absolute Gasteiger partial charge is 0.115 e. The predicted molar refractivity (Wildman–Crippen MR) is 85.1 cm³/mol. The van der Waals surface area contributed by atoms with Gasteiger partial charge in [0.1, 0.15) is 5.75 Å². The maximum absolute atomic E-state index is 9.67. The summed E-state index contributed by atoms with van der Waals surface area (Å²) in [5.74, 6) is 0.386. The van der Waals surface area contributed by atoms with Crippen LogP contribution in [0.25, 0.3) is 0 Å². The van der Waals surface area contributed by atoms with E-state index in [0.29, 0.717) is 11.2 Å². The van der Waals surface area contributed by atoms with Crippen molar-refractivity contribution in [2.45, 2.75) is 64.8 Å². The minimum Gasteiger partial charge on any atom is -0.508 e. The van der Waals surface area contributed by atoms with Crippen LogP contribution in [0.15, 0.2) is 24.3 Å². The molecule has 1 aliphatic rings. The summed E-state index contributed by atoms with van der Waals surface area (Å²) in [7, 11) is 0. The summed E-state index contributed by atoms with van der Waals surface area (Å²) in [4.78, 5) is 0. The third kappa shape index (κ3) is 4.52. The van der Waals surface area contributed by atoms with Crippen molar-refractivity contribution in [2.24, 2.45) is 5.41 Å². The van der Waals surface area contributed by atoms with E-state index in [1.807, 2.05) is 12.1 Å². The maximum Gasteiger partial charge on any atom is 0.115 e. The molecule has 1 aromatic rings. The van der Waals surface area contributed by atoms with Crippen molar-refractivity contribution in [2.75, 3.05) is 6.54 Å². The van der Waals surface area contributed by atoms with Gasteiger partial charge in [0.15, 0.2) is 0 Å². The number of aromatic hydroxyl groups is 1. The molecule has 1 fully saturated rings. The third-order valence-corrected chi connectivity index (χ3v) is 4.40. The molecule has 0 unspecified atom stereocenters. The molecule has 1 aliphatic carbocycles. The zero-order chi connectivity index (χ0) is 14.6. The lowest BCUT2D eigenvalue weighted by molar-refractivity contribution is 0.165. The Kier molecular flexibility index (Phi) is 4.74. The number of phenols is 1. The van der Waals surface area contributed by atoms with Crippen LogP contribution >= 0.6 is 0 Å². The molecule has 0 radical (unpaired) electrons. The summed E-state index contributed by atoms with van der Waals surface area (Å²) in [6, 6.07) is 7.78. The van der Waals surface area contributed by atoms with Gasteiger partial charge >= 0.3 is 0 Å². The van der Waals surface area contributed by atoms with Gasteiger partial charge < -0.3 is 10.4 Å². The van der Waals surface area contributed by atoms with Gasteiger partial charge in [-0.3, -0.25) is 0 Å². The van der Waals surface area contributed by atoms with E-state index >= 15 is 0 Å². The van der Waals surface area contributed by atoms with Gasteiger partial charge in [0.2, 0.25) is 0 Å². The Morgan fingerprint density at radius 3 is 2.45 bits per heavy atom. The summed E-state index contributed by atoms with van der Waals surface area (Å²) in [6.07, 6.45) is 7.72. The van der Waals surface area contributed by atoms with Gasteiger partial charge in [-0.2, -0.15) is 0 Å². The van der Waals surface area contributed by atoms with Gasteiger partial charge in [0.25, 0.3) is 0 Å². The van der Waals surface area contributed by atoms with Crippen molar-refractivity contribution >= 4 is 0 Å². The lowest BCUT2D eigenvalue weighted by atomic mass is 9.70. The van der Waals surface area contributed by atoms with E-state index in [1.165, 1.54) is 37.7 Å². The lowest BCUT2D eigenvalue weighted by Crippen LogP contribution is -2.45. The molecule has 0 aromatic heterocycles. The molecule has 112 valence electrons. The fourth-order valence-electron chi connectivity index (χ4n) is 3.27. The molecule has 0 aliphatic heterocycles. The molecule has 0 heterocycles. The molecule has 1 aromatic carbocycles. The molecule has 0 bridgehead atoms. The number of hydrogen-bond acceptors (Lipinski definition) is 2. The molecule has 2 N–H and O–H groups in total. The first-order valence-corrected chi connectivity index (χ1v) is 7.92. The van der Waals surface area contributed by atoms with Crippen LogP contribution in [0, 0.1) is 5.41 Å². The van der Waals surface area contributed by atoms with Crippen LogP contribution in [-0.4, -0.2) is 17.2 Å². The largest absolute Gasteiger partial charge is 0.508 e. The second-order valence-electron chi connectivity index (χ2n) is 7.51. The van der Waals surface area contributed by atoms with Crippen LogP contribution in [0.5, 0.6) is 5.75 Å². The Hall–Kier alpha value is -1.02. The summed E-state index contributed by atoms with van der Waals surface area (Å²) in [5.41, 5.74) is 1.80. The Bertz CT molecular complexity index is 427. The lowest BCUT2D eigenvalue weighted by Gasteiger charge is -2.40. The molecule has 2 rings (SSSR count). The Morgan fingerprint density at radius 1 is 1.15 bits per heavy atom. The maximum atomic E-state index is 9.67. The molecule has 20 heavy (non-hydrogen) atoms. The molecule has 2 heteroatoms. The van der Waals surface area contributed by atoms with Gasteiger partial charge in [0.05, 0.1) is 0 Å². The minimum absolute atomic E-state index is 0.170. The topological polar surface area (TPSA) is 32.3 Å². The SMILES string of the molecule is CC(C)(C)NCC1(Cc2cccc(O)c2)CCCCC1. The average molecular weight is 275 g/mol. The molecular formula is C18H29NO. The second-order valence-corrected chi connectivity index (χ2v) is 7.51. The Labute approximate surface area is 123 Å². The van der Waals surface area contributed by atoms with E-state index in [4.69, 9.17) is 0 Å². The fraction of sp³-hybridized carbons (Fsp3) is 0.667. The van der Waals surface area contributed by atoms with E-state index in [2.05, 4.69) is 32.2 Å². The molecule has 0 atom stereocenters. The molecule has 0 saturated heterocycles. The Morgan fingerprint density at radius 2 is 1.85 bits per heavy atom. The van der Waals surface area contributed by atoms with Gasteiger partial charge in [-0.25, -0.2) is 0 Å². The van der Waals surface area contributed by atoms with E-state index in [9.17, 15) is 5.11 Å². The highest BCUT2D eigenvalue weighted by Gasteiger charge is 2.33. The molecule has 0 spiro atoms. The third-order valence-electron chi connectivity index (χ3n) is 4.40. The monoisotopic (exact) mass is 275 g/mol. The van der Waals surface area contributed by atoms with Crippen LogP contribution in [0.2, 0.25) is 0 Å². The number of rotatable bonds is 4. The Balaban J connectivity index is 2.10. The van der Waals surface area contributed by atoms with Crippen molar-refractivity contribution in [3.05, 3.63) is 29.8 Å². The molecule has 0 amide bonds.